The van der Waals surface area contributed by atoms with E-state index in [1.807, 2.05) is 36.8 Å². The number of para-hydroxylation sites is 4. The third kappa shape index (κ3) is 3.78. The van der Waals surface area contributed by atoms with E-state index in [4.69, 9.17) is 14.7 Å². The minimum Gasteiger partial charge on any atom is -0.457 e. The molecule has 0 aliphatic heterocycles. The van der Waals surface area contributed by atoms with Crippen molar-refractivity contribution in [1.29, 1.82) is 0 Å². The minimum absolute atomic E-state index is 0.743. The van der Waals surface area contributed by atoms with Crippen molar-refractivity contribution in [2.24, 2.45) is 0 Å². The van der Waals surface area contributed by atoms with Crippen LogP contribution >= 0.6 is 0 Å². The standard InChI is InChI=1S/C44H27N5O/c1-2-11-28(12-3-1)48-39-19-8-5-16-34(39)37-27-46-44-41(42(37)48)35-17-6-9-20-40(35)49(44)29-13-10-14-30(25-29)50-31-21-22-32-33-15-4-7-18-38(33)47-24-23-45-43(47)36(32)26-31/h1-27H. The number of hydrogen-bond acceptors (Lipinski definition) is 3. The molecule has 0 fully saturated rings. The Bertz CT molecular complexity index is 3130. The predicted octanol–water partition coefficient (Wildman–Crippen LogP) is 11.0. The molecule has 11 rings (SSSR count). The van der Waals surface area contributed by atoms with Crippen molar-refractivity contribution in [3.8, 4) is 22.9 Å². The van der Waals surface area contributed by atoms with Crippen molar-refractivity contribution in [3.63, 3.8) is 0 Å². The molecule has 6 heteroatoms. The summed E-state index contributed by atoms with van der Waals surface area (Å²) in [5.74, 6) is 1.50. The first-order valence-electron chi connectivity index (χ1n) is 16.7. The molecule has 0 radical (unpaired) electrons. The second-order valence-corrected chi connectivity index (χ2v) is 12.7. The highest BCUT2D eigenvalue weighted by molar-refractivity contribution is 6.25. The molecule has 0 saturated carbocycles. The van der Waals surface area contributed by atoms with Gasteiger partial charge in [0.1, 0.15) is 22.8 Å². The zero-order chi connectivity index (χ0) is 32.8. The van der Waals surface area contributed by atoms with Crippen LogP contribution in [0.2, 0.25) is 0 Å². The fourth-order valence-corrected chi connectivity index (χ4v) is 7.89. The molecule has 50 heavy (non-hydrogen) atoms. The van der Waals surface area contributed by atoms with E-state index in [9.17, 15) is 0 Å². The molecule has 234 valence electrons. The average Bonchev–Trinajstić information content (AvgIpc) is 3.89. The summed E-state index contributed by atoms with van der Waals surface area (Å²) in [7, 11) is 0. The second kappa shape index (κ2) is 10.3. The van der Waals surface area contributed by atoms with Gasteiger partial charge < -0.3 is 9.30 Å². The smallest absolute Gasteiger partial charge is 0.147 e. The number of imidazole rings is 1. The zero-order valence-electron chi connectivity index (χ0n) is 26.7. The topological polar surface area (TPSA) is 49.3 Å². The fourth-order valence-electron chi connectivity index (χ4n) is 7.89. The lowest BCUT2D eigenvalue weighted by Gasteiger charge is -2.12. The van der Waals surface area contributed by atoms with Crippen LogP contribution in [-0.2, 0) is 0 Å². The Morgan fingerprint density at radius 2 is 1.12 bits per heavy atom. The summed E-state index contributed by atoms with van der Waals surface area (Å²) in [6, 6.07) is 50.8. The van der Waals surface area contributed by atoms with Crippen molar-refractivity contribution < 1.29 is 4.74 Å². The molecular formula is C44H27N5O. The summed E-state index contributed by atoms with van der Waals surface area (Å²) in [6.45, 7) is 0. The van der Waals surface area contributed by atoms with Crippen LogP contribution in [0.5, 0.6) is 11.5 Å². The SMILES string of the molecule is c1ccc(-n2c3ccccc3c3cnc4c(c5ccccc5n4-c4cccc(Oc5ccc6c7ccccc7n7ccnc7c6c5)c4)c32)cc1. The third-order valence-electron chi connectivity index (χ3n) is 9.97. The Morgan fingerprint density at radius 3 is 1.96 bits per heavy atom. The number of fused-ring (bicyclic) bond motifs is 13. The van der Waals surface area contributed by atoms with Crippen LogP contribution < -0.4 is 4.74 Å². The van der Waals surface area contributed by atoms with E-state index in [0.717, 1.165) is 83.2 Å². The largest absolute Gasteiger partial charge is 0.457 e. The molecule has 5 aromatic heterocycles. The normalized spacial score (nSPS) is 12.0. The van der Waals surface area contributed by atoms with Crippen LogP contribution in [0.3, 0.4) is 0 Å². The van der Waals surface area contributed by atoms with Gasteiger partial charge in [0.25, 0.3) is 0 Å². The van der Waals surface area contributed by atoms with Gasteiger partial charge in [-0.25, -0.2) is 9.97 Å². The van der Waals surface area contributed by atoms with E-state index in [2.05, 4.69) is 141 Å². The van der Waals surface area contributed by atoms with Gasteiger partial charge in [-0.05, 0) is 66.0 Å². The number of aromatic nitrogens is 5. The summed E-state index contributed by atoms with van der Waals surface area (Å²) in [5.41, 5.74) is 8.44. The van der Waals surface area contributed by atoms with Crippen molar-refractivity contribution in [2.45, 2.75) is 0 Å². The maximum Gasteiger partial charge on any atom is 0.147 e. The fraction of sp³-hybridized carbons (Fsp3) is 0. The van der Waals surface area contributed by atoms with Crippen LogP contribution in [0.15, 0.2) is 164 Å². The number of ether oxygens (including phenoxy) is 1. The van der Waals surface area contributed by atoms with Crippen molar-refractivity contribution in [3.05, 3.63) is 164 Å². The van der Waals surface area contributed by atoms with Crippen LogP contribution in [0.25, 0.3) is 82.4 Å². The number of benzene rings is 6. The maximum absolute atomic E-state index is 6.60. The first-order valence-corrected chi connectivity index (χ1v) is 16.7. The number of pyridine rings is 2. The zero-order valence-corrected chi connectivity index (χ0v) is 26.7. The maximum atomic E-state index is 6.60. The predicted molar refractivity (Wildman–Crippen MR) is 203 cm³/mol. The molecule has 5 heterocycles. The Balaban J connectivity index is 1.11. The van der Waals surface area contributed by atoms with Crippen LogP contribution in [-0.4, -0.2) is 23.5 Å². The number of hydrogen-bond donors (Lipinski definition) is 0. The van der Waals surface area contributed by atoms with E-state index in [-0.39, 0.29) is 0 Å². The quantitative estimate of drug-likeness (QED) is 0.180. The van der Waals surface area contributed by atoms with E-state index in [1.165, 1.54) is 10.8 Å². The van der Waals surface area contributed by atoms with Gasteiger partial charge in [-0.15, -0.1) is 0 Å². The van der Waals surface area contributed by atoms with E-state index in [1.54, 1.807) is 0 Å². The Kier molecular flexibility index (Phi) is 5.57. The molecule has 0 bridgehead atoms. The summed E-state index contributed by atoms with van der Waals surface area (Å²) in [5, 5.41) is 7.97. The van der Waals surface area contributed by atoms with Crippen LogP contribution in [0, 0.1) is 0 Å². The Labute approximate surface area is 285 Å². The van der Waals surface area contributed by atoms with Crippen LogP contribution in [0.4, 0.5) is 0 Å². The summed E-state index contributed by atoms with van der Waals surface area (Å²) in [6.07, 6.45) is 5.90. The van der Waals surface area contributed by atoms with Gasteiger partial charge in [0.2, 0.25) is 0 Å². The van der Waals surface area contributed by atoms with E-state index >= 15 is 0 Å². The van der Waals surface area contributed by atoms with Gasteiger partial charge in [0.15, 0.2) is 0 Å². The highest BCUT2D eigenvalue weighted by atomic mass is 16.5. The monoisotopic (exact) mass is 641 g/mol. The molecule has 0 N–H and O–H groups in total. The number of rotatable bonds is 4. The summed E-state index contributed by atoms with van der Waals surface area (Å²) >= 11 is 0. The second-order valence-electron chi connectivity index (χ2n) is 12.7. The van der Waals surface area contributed by atoms with Gasteiger partial charge in [-0.3, -0.25) is 8.97 Å². The van der Waals surface area contributed by atoms with E-state index in [0.29, 0.717) is 0 Å². The van der Waals surface area contributed by atoms with Gasteiger partial charge in [0.05, 0.1) is 33.1 Å². The highest BCUT2D eigenvalue weighted by Gasteiger charge is 2.22. The summed E-state index contributed by atoms with van der Waals surface area (Å²) < 4.78 is 13.4. The van der Waals surface area contributed by atoms with Crippen molar-refractivity contribution in [2.75, 3.05) is 0 Å². The Hall–Kier alpha value is -6.92. The molecule has 11 aromatic rings. The van der Waals surface area contributed by atoms with Gasteiger partial charge in [-0.1, -0.05) is 78.9 Å². The van der Waals surface area contributed by atoms with Gasteiger partial charge in [0, 0.05) is 57.3 Å². The molecule has 6 nitrogen and oxygen atoms in total. The van der Waals surface area contributed by atoms with Crippen LogP contribution in [0.1, 0.15) is 0 Å². The molecule has 0 aliphatic rings. The lowest BCUT2D eigenvalue weighted by Crippen LogP contribution is -1.97. The molecule has 0 saturated heterocycles. The van der Waals surface area contributed by atoms with Gasteiger partial charge in [-0.2, -0.15) is 0 Å². The van der Waals surface area contributed by atoms with Crippen molar-refractivity contribution in [1.82, 2.24) is 23.5 Å². The summed E-state index contributed by atoms with van der Waals surface area (Å²) in [4.78, 5) is 9.88. The third-order valence-corrected chi connectivity index (χ3v) is 9.97. The molecule has 0 unspecified atom stereocenters. The average molecular weight is 642 g/mol. The first-order chi connectivity index (χ1) is 24.8. The molecule has 0 aliphatic carbocycles. The highest BCUT2D eigenvalue weighted by Crippen LogP contribution is 2.41. The molecule has 6 aromatic carbocycles. The van der Waals surface area contributed by atoms with E-state index < -0.39 is 0 Å². The Morgan fingerprint density at radius 1 is 0.440 bits per heavy atom. The first kappa shape index (κ1) is 27.1. The molecule has 0 amide bonds. The van der Waals surface area contributed by atoms with Crippen molar-refractivity contribution >= 4 is 71.1 Å². The minimum atomic E-state index is 0.743. The lowest BCUT2D eigenvalue weighted by molar-refractivity contribution is 0.483. The lowest BCUT2D eigenvalue weighted by atomic mass is 10.1. The molecular weight excluding hydrogens is 615 g/mol. The van der Waals surface area contributed by atoms with Gasteiger partial charge >= 0.3 is 0 Å². The number of nitrogens with zero attached hydrogens (tertiary/aromatic N) is 5. The molecule has 0 atom stereocenters. The molecule has 0 spiro atoms.